The highest BCUT2D eigenvalue weighted by Gasteiger charge is 2.72. The SMILES string of the molecule is CN(C)NC(=O)[C@@]12CC[C@](C)(C(=O)C1)C2(C)C. The Hall–Kier alpha value is -0.900. The second-order valence-corrected chi connectivity index (χ2v) is 6.47. The highest BCUT2D eigenvalue weighted by molar-refractivity contribution is 5.99. The molecule has 2 saturated carbocycles. The molecule has 17 heavy (non-hydrogen) atoms. The van der Waals surface area contributed by atoms with E-state index in [0.717, 1.165) is 12.8 Å². The Morgan fingerprint density at radius 2 is 1.82 bits per heavy atom. The Kier molecular flexibility index (Phi) is 2.45. The second-order valence-electron chi connectivity index (χ2n) is 6.47. The van der Waals surface area contributed by atoms with Crippen LogP contribution in [0.5, 0.6) is 0 Å². The molecule has 2 atom stereocenters. The molecule has 0 aromatic heterocycles. The zero-order valence-corrected chi connectivity index (χ0v) is 11.4. The van der Waals surface area contributed by atoms with Gasteiger partial charge in [0.05, 0.1) is 5.41 Å². The summed E-state index contributed by atoms with van der Waals surface area (Å²) in [5.41, 5.74) is 1.75. The van der Waals surface area contributed by atoms with Gasteiger partial charge in [0.25, 0.3) is 0 Å². The van der Waals surface area contributed by atoms with Gasteiger partial charge in [-0.2, -0.15) is 0 Å². The fraction of sp³-hybridized carbons (Fsp3) is 0.846. The van der Waals surface area contributed by atoms with Gasteiger partial charge < -0.3 is 0 Å². The van der Waals surface area contributed by atoms with E-state index in [9.17, 15) is 9.59 Å². The first-order chi connectivity index (χ1) is 7.67. The molecule has 0 unspecified atom stereocenters. The Morgan fingerprint density at radius 3 is 2.18 bits per heavy atom. The molecule has 0 heterocycles. The van der Waals surface area contributed by atoms with Crippen molar-refractivity contribution in [1.82, 2.24) is 10.4 Å². The molecule has 0 saturated heterocycles. The van der Waals surface area contributed by atoms with E-state index in [0.29, 0.717) is 6.42 Å². The first-order valence-electron chi connectivity index (χ1n) is 6.19. The number of fused-ring (bicyclic) bond motifs is 2. The first kappa shape index (κ1) is 12.6. The molecule has 0 aromatic rings. The van der Waals surface area contributed by atoms with E-state index >= 15 is 0 Å². The van der Waals surface area contributed by atoms with E-state index < -0.39 is 5.41 Å². The third-order valence-corrected chi connectivity index (χ3v) is 5.47. The quantitative estimate of drug-likeness (QED) is 0.739. The number of hydrazine groups is 1. The minimum Gasteiger partial charge on any atom is -0.299 e. The summed E-state index contributed by atoms with van der Waals surface area (Å²) in [6.07, 6.45) is 2.05. The lowest BCUT2D eigenvalue weighted by molar-refractivity contribution is -0.140. The summed E-state index contributed by atoms with van der Waals surface area (Å²) in [5.74, 6) is 0.254. The van der Waals surface area contributed by atoms with E-state index in [4.69, 9.17) is 0 Å². The van der Waals surface area contributed by atoms with Gasteiger partial charge in [0.2, 0.25) is 5.91 Å². The molecule has 4 nitrogen and oxygen atoms in total. The van der Waals surface area contributed by atoms with Crippen LogP contribution in [-0.2, 0) is 9.59 Å². The monoisotopic (exact) mass is 238 g/mol. The van der Waals surface area contributed by atoms with Gasteiger partial charge >= 0.3 is 0 Å². The minimum atomic E-state index is -0.511. The van der Waals surface area contributed by atoms with Gasteiger partial charge in [-0.1, -0.05) is 20.8 Å². The first-order valence-corrected chi connectivity index (χ1v) is 6.19. The number of nitrogens with zero attached hydrogens (tertiary/aromatic N) is 1. The average molecular weight is 238 g/mol. The molecule has 96 valence electrons. The van der Waals surface area contributed by atoms with Crippen LogP contribution in [0.3, 0.4) is 0 Å². The van der Waals surface area contributed by atoms with Crippen molar-refractivity contribution in [3.63, 3.8) is 0 Å². The predicted molar refractivity (Wildman–Crippen MR) is 65.0 cm³/mol. The van der Waals surface area contributed by atoms with Gasteiger partial charge in [0.1, 0.15) is 5.78 Å². The lowest BCUT2D eigenvalue weighted by Gasteiger charge is -2.39. The molecule has 0 spiro atoms. The normalized spacial score (nSPS) is 38.8. The molecule has 0 aromatic carbocycles. The summed E-state index contributed by atoms with van der Waals surface area (Å²) in [5, 5.41) is 1.66. The van der Waals surface area contributed by atoms with E-state index in [1.54, 1.807) is 19.1 Å². The van der Waals surface area contributed by atoms with E-state index in [1.807, 2.05) is 6.92 Å². The molecule has 2 bridgehead atoms. The maximum absolute atomic E-state index is 12.4. The molecule has 2 rings (SSSR count). The summed E-state index contributed by atoms with van der Waals surface area (Å²) < 4.78 is 0. The molecule has 2 aliphatic carbocycles. The molecule has 0 aliphatic heterocycles. The lowest BCUT2D eigenvalue weighted by Crippen LogP contribution is -2.50. The molecule has 2 aliphatic rings. The van der Waals surface area contributed by atoms with Crippen molar-refractivity contribution >= 4 is 11.7 Å². The summed E-state index contributed by atoms with van der Waals surface area (Å²) in [7, 11) is 3.60. The zero-order chi connectivity index (χ0) is 13.1. The number of ketones is 1. The van der Waals surface area contributed by atoms with Crippen LogP contribution in [0.1, 0.15) is 40.0 Å². The van der Waals surface area contributed by atoms with Crippen molar-refractivity contribution in [2.24, 2.45) is 16.2 Å². The number of Topliss-reactive ketones (excluding diaryl/α,β-unsaturated/α-hetero) is 1. The average Bonchev–Trinajstić information content (AvgIpc) is 2.47. The number of hydrogen-bond acceptors (Lipinski definition) is 3. The van der Waals surface area contributed by atoms with Crippen molar-refractivity contribution in [3.05, 3.63) is 0 Å². The van der Waals surface area contributed by atoms with Crippen LogP contribution >= 0.6 is 0 Å². The van der Waals surface area contributed by atoms with Crippen LogP contribution in [0.25, 0.3) is 0 Å². The summed E-state index contributed by atoms with van der Waals surface area (Å²) in [6, 6.07) is 0. The Morgan fingerprint density at radius 1 is 1.24 bits per heavy atom. The summed E-state index contributed by atoms with van der Waals surface area (Å²) in [6.45, 7) is 6.16. The molecule has 2 fully saturated rings. The second kappa shape index (κ2) is 3.31. The van der Waals surface area contributed by atoms with Crippen LogP contribution in [0.2, 0.25) is 0 Å². The summed E-state index contributed by atoms with van der Waals surface area (Å²) >= 11 is 0. The standard InChI is InChI=1S/C13H22N2O2/c1-11(2)12(3)6-7-13(11,8-9(12)16)10(17)14-15(4)5/h6-8H2,1-5H3,(H,14,17)/t12-,13-/m1/s1. The number of hydrogen-bond donors (Lipinski definition) is 1. The topological polar surface area (TPSA) is 49.4 Å². The fourth-order valence-corrected chi connectivity index (χ4v) is 3.67. The molecular weight excluding hydrogens is 216 g/mol. The largest absolute Gasteiger partial charge is 0.299 e. The third kappa shape index (κ3) is 1.27. The van der Waals surface area contributed by atoms with Crippen LogP contribution in [0.15, 0.2) is 0 Å². The lowest BCUT2D eigenvalue weighted by atomic mass is 9.64. The van der Waals surface area contributed by atoms with Crippen LogP contribution in [0.4, 0.5) is 0 Å². The fourth-order valence-electron chi connectivity index (χ4n) is 3.67. The maximum Gasteiger partial charge on any atom is 0.241 e. The van der Waals surface area contributed by atoms with Crippen LogP contribution in [-0.4, -0.2) is 30.8 Å². The molecule has 1 N–H and O–H groups in total. The Labute approximate surface area is 103 Å². The van der Waals surface area contributed by atoms with E-state index in [1.165, 1.54) is 0 Å². The number of rotatable bonds is 2. The van der Waals surface area contributed by atoms with Gasteiger partial charge in [-0.05, 0) is 18.3 Å². The van der Waals surface area contributed by atoms with Gasteiger partial charge in [-0.3, -0.25) is 15.0 Å². The van der Waals surface area contributed by atoms with Crippen molar-refractivity contribution in [3.8, 4) is 0 Å². The van der Waals surface area contributed by atoms with Gasteiger partial charge in [0, 0.05) is 25.9 Å². The van der Waals surface area contributed by atoms with Gasteiger partial charge in [0.15, 0.2) is 0 Å². The zero-order valence-electron chi connectivity index (χ0n) is 11.4. The third-order valence-electron chi connectivity index (χ3n) is 5.47. The predicted octanol–water partition coefficient (Wildman–Crippen LogP) is 1.36. The van der Waals surface area contributed by atoms with E-state index in [-0.39, 0.29) is 22.5 Å². The van der Waals surface area contributed by atoms with Crippen molar-refractivity contribution in [2.75, 3.05) is 14.1 Å². The highest BCUT2D eigenvalue weighted by atomic mass is 16.2. The smallest absolute Gasteiger partial charge is 0.241 e. The van der Waals surface area contributed by atoms with Crippen LogP contribution in [0, 0.1) is 16.2 Å². The number of carbonyl (C=O) groups is 2. The Balaban J connectivity index is 2.40. The van der Waals surface area contributed by atoms with Crippen LogP contribution < -0.4 is 5.43 Å². The number of amides is 1. The molecular formula is C13H22N2O2. The molecule has 0 radical (unpaired) electrons. The molecule has 4 heteroatoms. The van der Waals surface area contributed by atoms with Gasteiger partial charge in [-0.15, -0.1) is 0 Å². The van der Waals surface area contributed by atoms with Crippen molar-refractivity contribution < 1.29 is 9.59 Å². The maximum atomic E-state index is 12.4. The highest BCUT2D eigenvalue weighted by Crippen LogP contribution is 2.70. The van der Waals surface area contributed by atoms with Crippen molar-refractivity contribution in [2.45, 2.75) is 40.0 Å². The number of nitrogens with one attached hydrogen (secondary N) is 1. The van der Waals surface area contributed by atoms with Gasteiger partial charge in [-0.25, -0.2) is 5.01 Å². The Bertz CT molecular complexity index is 389. The van der Waals surface area contributed by atoms with E-state index in [2.05, 4.69) is 19.3 Å². The molecule has 1 amide bonds. The number of carbonyl (C=O) groups excluding carboxylic acids is 2. The van der Waals surface area contributed by atoms with Crippen molar-refractivity contribution in [1.29, 1.82) is 0 Å². The summed E-state index contributed by atoms with van der Waals surface area (Å²) in [4.78, 5) is 24.6. The minimum absolute atomic E-state index is 0.00192.